The zero-order valence-electron chi connectivity index (χ0n) is 8.30. The Balaban J connectivity index is 2.12. The normalized spacial score (nSPS) is 10.6. The van der Waals surface area contributed by atoms with Gasteiger partial charge < -0.3 is 9.13 Å². The Morgan fingerprint density at radius 1 is 1.29 bits per heavy atom. The van der Waals surface area contributed by atoms with Gasteiger partial charge in [0.15, 0.2) is 0 Å². The van der Waals surface area contributed by atoms with Crippen molar-refractivity contribution in [3.8, 4) is 0 Å². The SMILES string of the molecule is CCCn1ccnc1Cn1ccnc1. The van der Waals surface area contributed by atoms with Crippen molar-refractivity contribution in [2.24, 2.45) is 0 Å². The van der Waals surface area contributed by atoms with Gasteiger partial charge in [-0.2, -0.15) is 0 Å². The second-order valence-corrected chi connectivity index (χ2v) is 3.27. The molecule has 74 valence electrons. The predicted molar refractivity (Wildman–Crippen MR) is 53.8 cm³/mol. The van der Waals surface area contributed by atoms with Gasteiger partial charge >= 0.3 is 0 Å². The van der Waals surface area contributed by atoms with Crippen molar-refractivity contribution in [1.29, 1.82) is 0 Å². The summed E-state index contributed by atoms with van der Waals surface area (Å²) in [5, 5.41) is 0. The molecule has 2 aromatic heterocycles. The van der Waals surface area contributed by atoms with Crippen LogP contribution in [0.1, 0.15) is 19.2 Å². The minimum atomic E-state index is 0.799. The lowest BCUT2D eigenvalue weighted by Gasteiger charge is -2.06. The highest BCUT2D eigenvalue weighted by molar-refractivity contribution is 4.94. The quantitative estimate of drug-likeness (QED) is 0.733. The van der Waals surface area contributed by atoms with Crippen molar-refractivity contribution in [1.82, 2.24) is 19.1 Å². The maximum absolute atomic E-state index is 4.32. The third kappa shape index (κ3) is 1.84. The molecule has 0 saturated carbocycles. The van der Waals surface area contributed by atoms with Crippen LogP contribution < -0.4 is 0 Å². The lowest BCUT2D eigenvalue weighted by atomic mass is 10.4. The highest BCUT2D eigenvalue weighted by Crippen LogP contribution is 2.01. The first kappa shape index (κ1) is 8.99. The molecule has 0 bridgehead atoms. The Morgan fingerprint density at radius 2 is 2.21 bits per heavy atom. The highest BCUT2D eigenvalue weighted by Gasteiger charge is 2.01. The smallest absolute Gasteiger partial charge is 0.128 e. The van der Waals surface area contributed by atoms with E-state index in [-0.39, 0.29) is 0 Å². The predicted octanol–water partition coefficient (Wildman–Crippen LogP) is 1.54. The maximum atomic E-state index is 4.32. The van der Waals surface area contributed by atoms with Gasteiger partial charge in [-0.05, 0) is 6.42 Å². The average molecular weight is 190 g/mol. The fraction of sp³-hybridized carbons (Fsp3) is 0.400. The molecule has 0 atom stereocenters. The highest BCUT2D eigenvalue weighted by atomic mass is 15.1. The second kappa shape index (κ2) is 4.09. The van der Waals surface area contributed by atoms with Crippen LogP contribution in [0.25, 0.3) is 0 Å². The lowest BCUT2D eigenvalue weighted by Crippen LogP contribution is -2.06. The summed E-state index contributed by atoms with van der Waals surface area (Å²) in [7, 11) is 0. The van der Waals surface area contributed by atoms with Crippen molar-refractivity contribution in [3.63, 3.8) is 0 Å². The van der Waals surface area contributed by atoms with Crippen LogP contribution in [0, 0.1) is 0 Å². The van der Waals surface area contributed by atoms with Crippen LogP contribution in [-0.4, -0.2) is 19.1 Å². The molecular weight excluding hydrogens is 176 g/mol. The van der Waals surface area contributed by atoms with Crippen LogP contribution in [0.5, 0.6) is 0 Å². The summed E-state index contributed by atoms with van der Waals surface area (Å²) >= 11 is 0. The third-order valence-electron chi connectivity index (χ3n) is 2.15. The number of hydrogen-bond acceptors (Lipinski definition) is 2. The maximum Gasteiger partial charge on any atom is 0.128 e. The third-order valence-corrected chi connectivity index (χ3v) is 2.15. The lowest BCUT2D eigenvalue weighted by molar-refractivity contribution is 0.612. The van der Waals surface area contributed by atoms with Crippen LogP contribution in [0.15, 0.2) is 31.1 Å². The fourth-order valence-corrected chi connectivity index (χ4v) is 1.48. The van der Waals surface area contributed by atoms with E-state index in [0.717, 1.165) is 25.3 Å². The molecule has 0 aliphatic carbocycles. The summed E-state index contributed by atoms with van der Waals surface area (Å²) in [5.74, 6) is 1.09. The van der Waals surface area contributed by atoms with Crippen molar-refractivity contribution in [3.05, 3.63) is 36.9 Å². The molecule has 0 aromatic carbocycles. The van der Waals surface area contributed by atoms with Crippen LogP contribution in [-0.2, 0) is 13.1 Å². The standard InChI is InChI=1S/C10H14N4/c1-2-5-14-7-4-12-10(14)8-13-6-3-11-9-13/h3-4,6-7,9H,2,5,8H2,1H3. The number of imidazole rings is 2. The van der Waals surface area contributed by atoms with Gasteiger partial charge in [-0.1, -0.05) is 6.92 Å². The van der Waals surface area contributed by atoms with Gasteiger partial charge in [0.25, 0.3) is 0 Å². The molecule has 0 spiro atoms. The van der Waals surface area contributed by atoms with Crippen LogP contribution in [0.2, 0.25) is 0 Å². The zero-order valence-corrected chi connectivity index (χ0v) is 8.30. The van der Waals surface area contributed by atoms with Gasteiger partial charge in [0.1, 0.15) is 5.82 Å². The van der Waals surface area contributed by atoms with E-state index in [1.165, 1.54) is 0 Å². The molecule has 0 amide bonds. The molecule has 0 radical (unpaired) electrons. The van der Waals surface area contributed by atoms with Crippen molar-refractivity contribution < 1.29 is 0 Å². The largest absolute Gasteiger partial charge is 0.333 e. The molecule has 0 N–H and O–H groups in total. The molecule has 2 heterocycles. The second-order valence-electron chi connectivity index (χ2n) is 3.27. The summed E-state index contributed by atoms with van der Waals surface area (Å²) in [6, 6.07) is 0. The summed E-state index contributed by atoms with van der Waals surface area (Å²) < 4.78 is 4.20. The van der Waals surface area contributed by atoms with E-state index < -0.39 is 0 Å². The first-order valence-electron chi connectivity index (χ1n) is 4.86. The fourth-order valence-electron chi connectivity index (χ4n) is 1.48. The Bertz CT molecular complexity index is 374. The van der Waals surface area contributed by atoms with Gasteiger partial charge in [-0.3, -0.25) is 0 Å². The van der Waals surface area contributed by atoms with Gasteiger partial charge in [-0.15, -0.1) is 0 Å². The van der Waals surface area contributed by atoms with Crippen LogP contribution >= 0.6 is 0 Å². The summed E-state index contributed by atoms with van der Waals surface area (Å²) in [5.41, 5.74) is 0. The molecule has 4 heteroatoms. The number of hydrogen-bond donors (Lipinski definition) is 0. The molecule has 2 rings (SSSR count). The number of rotatable bonds is 4. The van der Waals surface area contributed by atoms with E-state index in [0.29, 0.717) is 0 Å². The summed E-state index contributed by atoms with van der Waals surface area (Å²) in [6.45, 7) is 4.00. The van der Waals surface area contributed by atoms with E-state index in [4.69, 9.17) is 0 Å². The number of nitrogens with zero attached hydrogens (tertiary/aromatic N) is 4. The van der Waals surface area contributed by atoms with Gasteiger partial charge in [-0.25, -0.2) is 9.97 Å². The van der Waals surface area contributed by atoms with Crippen LogP contribution in [0.3, 0.4) is 0 Å². The summed E-state index contributed by atoms with van der Waals surface area (Å²) in [4.78, 5) is 8.33. The van der Waals surface area contributed by atoms with Crippen molar-refractivity contribution >= 4 is 0 Å². The summed E-state index contributed by atoms with van der Waals surface area (Å²) in [6.07, 6.45) is 10.5. The zero-order chi connectivity index (χ0) is 9.80. The van der Waals surface area contributed by atoms with E-state index in [1.54, 1.807) is 6.20 Å². The topological polar surface area (TPSA) is 35.6 Å². The molecule has 0 unspecified atom stereocenters. The van der Waals surface area contributed by atoms with Crippen molar-refractivity contribution in [2.45, 2.75) is 26.4 Å². The minimum absolute atomic E-state index is 0.799. The molecule has 4 nitrogen and oxygen atoms in total. The van der Waals surface area contributed by atoms with Gasteiger partial charge in [0.2, 0.25) is 0 Å². The number of aromatic nitrogens is 4. The van der Waals surface area contributed by atoms with Gasteiger partial charge in [0, 0.05) is 31.3 Å². The molecular formula is C10H14N4. The van der Waals surface area contributed by atoms with Crippen molar-refractivity contribution in [2.75, 3.05) is 0 Å². The van der Waals surface area contributed by atoms with Gasteiger partial charge in [0.05, 0.1) is 12.9 Å². The Labute approximate surface area is 83.2 Å². The molecule has 0 aliphatic heterocycles. The Hall–Kier alpha value is -1.58. The van der Waals surface area contributed by atoms with E-state index in [1.807, 2.05) is 29.5 Å². The van der Waals surface area contributed by atoms with E-state index in [9.17, 15) is 0 Å². The molecule has 0 aliphatic rings. The monoisotopic (exact) mass is 190 g/mol. The minimum Gasteiger partial charge on any atom is -0.333 e. The molecule has 0 saturated heterocycles. The Morgan fingerprint density at radius 3 is 2.93 bits per heavy atom. The number of aryl methyl sites for hydroxylation is 1. The van der Waals surface area contributed by atoms with Crippen LogP contribution in [0.4, 0.5) is 0 Å². The molecule has 2 aromatic rings. The van der Waals surface area contributed by atoms with E-state index in [2.05, 4.69) is 21.5 Å². The first-order chi connectivity index (χ1) is 6.90. The average Bonchev–Trinajstić information content (AvgIpc) is 2.80. The van der Waals surface area contributed by atoms with E-state index >= 15 is 0 Å². The molecule has 14 heavy (non-hydrogen) atoms. The Kier molecular flexibility index (Phi) is 2.62. The molecule has 0 fully saturated rings. The first-order valence-corrected chi connectivity index (χ1v) is 4.86.